The molecule has 2 N–H and O–H groups in total. The number of carboxylic acid groups (broad SMARTS) is 1. The van der Waals surface area contributed by atoms with Gasteiger partial charge in [0.1, 0.15) is 0 Å². The predicted molar refractivity (Wildman–Crippen MR) is 79.1 cm³/mol. The molecule has 1 saturated carbocycles. The van der Waals surface area contributed by atoms with Gasteiger partial charge in [-0.05, 0) is 43.5 Å². The van der Waals surface area contributed by atoms with Gasteiger partial charge >= 0.3 is 5.97 Å². The Hall–Kier alpha value is -1.81. The number of aromatic nitrogens is 1. The first kappa shape index (κ1) is 13.2. The fraction of sp³-hybridized carbons (Fsp3) is 0.333. The van der Waals surface area contributed by atoms with Crippen molar-refractivity contribution in [2.75, 3.05) is 5.32 Å². The van der Waals surface area contributed by atoms with E-state index in [0.29, 0.717) is 11.4 Å². The summed E-state index contributed by atoms with van der Waals surface area (Å²) in [6.45, 7) is 0. The predicted octanol–water partition coefficient (Wildman–Crippen LogP) is 3.55. The zero-order valence-corrected chi connectivity index (χ0v) is 11.6. The third-order valence-electron chi connectivity index (χ3n) is 3.85. The number of nitrogens with zero attached hydrogens (tertiary/aromatic N) is 1. The molecular weight excluding hydrogens is 276 g/mol. The summed E-state index contributed by atoms with van der Waals surface area (Å²) in [6, 6.07) is 7.74. The lowest BCUT2D eigenvalue weighted by Crippen LogP contribution is -2.18. The average Bonchev–Trinajstić information content (AvgIpc) is 2.87. The van der Waals surface area contributed by atoms with Crippen molar-refractivity contribution < 1.29 is 9.90 Å². The van der Waals surface area contributed by atoms with Crippen LogP contribution in [-0.2, 0) is 4.79 Å². The van der Waals surface area contributed by atoms with Crippen LogP contribution in [0, 0.1) is 5.92 Å². The third kappa shape index (κ3) is 2.56. The van der Waals surface area contributed by atoms with Crippen LogP contribution in [0.1, 0.15) is 19.3 Å². The van der Waals surface area contributed by atoms with Crippen molar-refractivity contribution in [2.45, 2.75) is 25.3 Å². The maximum Gasteiger partial charge on any atom is 0.306 e. The van der Waals surface area contributed by atoms with E-state index in [4.69, 9.17) is 16.7 Å². The molecule has 1 fully saturated rings. The van der Waals surface area contributed by atoms with Crippen LogP contribution >= 0.6 is 11.6 Å². The monoisotopic (exact) mass is 290 g/mol. The van der Waals surface area contributed by atoms with Crippen LogP contribution in [0.25, 0.3) is 10.9 Å². The van der Waals surface area contributed by atoms with Crippen molar-refractivity contribution in [3.05, 3.63) is 35.5 Å². The van der Waals surface area contributed by atoms with Gasteiger partial charge in [-0.25, -0.2) is 0 Å². The Kier molecular flexibility index (Phi) is 3.49. The molecule has 2 aromatic rings. The van der Waals surface area contributed by atoms with E-state index >= 15 is 0 Å². The Morgan fingerprint density at radius 1 is 1.35 bits per heavy atom. The van der Waals surface area contributed by atoms with E-state index in [1.807, 2.05) is 24.3 Å². The number of hydrogen-bond acceptors (Lipinski definition) is 3. The minimum absolute atomic E-state index is 0.206. The Balaban J connectivity index is 1.83. The van der Waals surface area contributed by atoms with E-state index in [0.717, 1.165) is 29.4 Å². The van der Waals surface area contributed by atoms with E-state index in [1.165, 1.54) is 0 Å². The van der Waals surface area contributed by atoms with Crippen LogP contribution in [-0.4, -0.2) is 22.1 Å². The Labute approximate surface area is 121 Å². The summed E-state index contributed by atoms with van der Waals surface area (Å²) in [4.78, 5) is 15.3. The van der Waals surface area contributed by atoms with Crippen LogP contribution < -0.4 is 5.32 Å². The molecule has 0 aliphatic heterocycles. The van der Waals surface area contributed by atoms with Crippen LogP contribution in [0.3, 0.4) is 0 Å². The van der Waals surface area contributed by atoms with Gasteiger partial charge in [0.2, 0.25) is 0 Å². The first-order chi connectivity index (χ1) is 9.63. The molecule has 1 aliphatic rings. The van der Waals surface area contributed by atoms with Crippen molar-refractivity contribution in [3.8, 4) is 0 Å². The van der Waals surface area contributed by atoms with Gasteiger partial charge in [-0.3, -0.25) is 9.78 Å². The standard InChI is InChI=1S/C15H15ClN2O2/c16-10-2-4-12-13(5-6-17-14(12)8-10)18-11-3-1-9(7-11)15(19)20/h2,4-6,8-9,11H,1,3,7H2,(H,17,18)(H,19,20)/t9-,11+/m1/s1. The summed E-state index contributed by atoms with van der Waals surface area (Å²) >= 11 is 5.97. The van der Waals surface area contributed by atoms with Crippen LogP contribution in [0.2, 0.25) is 5.02 Å². The number of nitrogens with one attached hydrogen (secondary N) is 1. The molecule has 0 saturated heterocycles. The van der Waals surface area contributed by atoms with Crippen molar-refractivity contribution in [3.63, 3.8) is 0 Å². The van der Waals surface area contributed by atoms with Gasteiger partial charge in [0.05, 0.1) is 11.4 Å². The minimum Gasteiger partial charge on any atom is -0.481 e. The number of anilines is 1. The summed E-state index contributed by atoms with van der Waals surface area (Å²) in [5.74, 6) is -0.921. The van der Waals surface area contributed by atoms with Crippen LogP contribution in [0.15, 0.2) is 30.5 Å². The topological polar surface area (TPSA) is 62.2 Å². The molecule has 104 valence electrons. The number of benzene rings is 1. The summed E-state index contributed by atoms with van der Waals surface area (Å²) in [5.41, 5.74) is 1.83. The molecule has 4 nitrogen and oxygen atoms in total. The second-order valence-corrected chi connectivity index (χ2v) is 5.65. The lowest BCUT2D eigenvalue weighted by atomic mass is 10.1. The zero-order valence-electron chi connectivity index (χ0n) is 10.8. The molecule has 1 aliphatic carbocycles. The van der Waals surface area contributed by atoms with E-state index < -0.39 is 5.97 Å². The van der Waals surface area contributed by atoms with Crippen molar-refractivity contribution in [1.82, 2.24) is 4.98 Å². The Bertz CT molecular complexity index is 659. The first-order valence-corrected chi connectivity index (χ1v) is 7.05. The smallest absolute Gasteiger partial charge is 0.306 e. The van der Waals surface area contributed by atoms with E-state index in [2.05, 4.69) is 10.3 Å². The highest BCUT2D eigenvalue weighted by atomic mass is 35.5. The number of hydrogen-bond donors (Lipinski definition) is 2. The number of carbonyl (C=O) groups is 1. The second-order valence-electron chi connectivity index (χ2n) is 5.21. The van der Waals surface area contributed by atoms with Crippen molar-refractivity contribution in [2.24, 2.45) is 5.92 Å². The number of halogens is 1. The normalized spacial score (nSPS) is 22.1. The lowest BCUT2D eigenvalue weighted by Gasteiger charge is -2.15. The Morgan fingerprint density at radius 3 is 2.95 bits per heavy atom. The van der Waals surface area contributed by atoms with E-state index in [9.17, 15) is 4.79 Å². The molecule has 0 radical (unpaired) electrons. The fourth-order valence-corrected chi connectivity index (χ4v) is 2.97. The van der Waals surface area contributed by atoms with Crippen molar-refractivity contribution >= 4 is 34.2 Å². The molecule has 5 heteroatoms. The van der Waals surface area contributed by atoms with Gasteiger partial charge in [0.25, 0.3) is 0 Å². The molecule has 0 bridgehead atoms. The number of pyridine rings is 1. The molecule has 0 amide bonds. The quantitative estimate of drug-likeness (QED) is 0.907. The van der Waals surface area contributed by atoms with Crippen LogP contribution in [0.5, 0.6) is 0 Å². The molecule has 20 heavy (non-hydrogen) atoms. The van der Waals surface area contributed by atoms with Gasteiger partial charge in [0.15, 0.2) is 0 Å². The second kappa shape index (κ2) is 5.29. The molecule has 2 atom stereocenters. The summed E-state index contributed by atoms with van der Waals surface area (Å²) in [5, 5.41) is 14.2. The van der Waals surface area contributed by atoms with Gasteiger partial charge in [-0.2, -0.15) is 0 Å². The van der Waals surface area contributed by atoms with Gasteiger partial charge in [-0.1, -0.05) is 11.6 Å². The van der Waals surface area contributed by atoms with Gasteiger partial charge in [0, 0.05) is 28.3 Å². The maximum atomic E-state index is 11.0. The molecule has 0 unspecified atom stereocenters. The summed E-state index contributed by atoms with van der Waals surface area (Å²) in [6.07, 6.45) is 4.04. The van der Waals surface area contributed by atoms with E-state index in [-0.39, 0.29) is 12.0 Å². The van der Waals surface area contributed by atoms with Gasteiger partial charge in [-0.15, -0.1) is 0 Å². The average molecular weight is 291 g/mol. The zero-order chi connectivity index (χ0) is 14.1. The highest BCUT2D eigenvalue weighted by molar-refractivity contribution is 6.31. The molecule has 1 heterocycles. The van der Waals surface area contributed by atoms with Gasteiger partial charge < -0.3 is 10.4 Å². The molecule has 1 aromatic carbocycles. The number of fused-ring (bicyclic) bond motifs is 1. The molecule has 1 aromatic heterocycles. The SMILES string of the molecule is O=C(O)[C@@H]1CC[C@H](Nc2ccnc3cc(Cl)ccc23)C1. The first-order valence-electron chi connectivity index (χ1n) is 6.67. The van der Waals surface area contributed by atoms with Crippen LogP contribution in [0.4, 0.5) is 5.69 Å². The molecule has 0 spiro atoms. The number of aliphatic carboxylic acids is 1. The number of carboxylic acids is 1. The number of rotatable bonds is 3. The minimum atomic E-state index is -0.694. The highest BCUT2D eigenvalue weighted by Crippen LogP contribution is 2.31. The van der Waals surface area contributed by atoms with E-state index in [1.54, 1.807) is 6.20 Å². The summed E-state index contributed by atoms with van der Waals surface area (Å²) in [7, 11) is 0. The largest absolute Gasteiger partial charge is 0.481 e. The molecular formula is C15H15ClN2O2. The summed E-state index contributed by atoms with van der Waals surface area (Å²) < 4.78 is 0. The Morgan fingerprint density at radius 2 is 2.20 bits per heavy atom. The third-order valence-corrected chi connectivity index (χ3v) is 4.08. The maximum absolute atomic E-state index is 11.0. The lowest BCUT2D eigenvalue weighted by molar-refractivity contribution is -0.141. The highest BCUT2D eigenvalue weighted by Gasteiger charge is 2.29. The fourth-order valence-electron chi connectivity index (χ4n) is 2.80. The van der Waals surface area contributed by atoms with Crippen molar-refractivity contribution in [1.29, 1.82) is 0 Å². The molecule has 3 rings (SSSR count).